The maximum absolute atomic E-state index is 12.1. The van der Waals surface area contributed by atoms with Gasteiger partial charge in [0, 0.05) is 43.3 Å². The number of pyridine rings is 1. The highest BCUT2D eigenvalue weighted by molar-refractivity contribution is 5.85. The fourth-order valence-electron chi connectivity index (χ4n) is 4.61. The number of carbonyl (C=O) groups is 1. The Morgan fingerprint density at radius 2 is 1.81 bits per heavy atom. The summed E-state index contributed by atoms with van der Waals surface area (Å²) in [5.41, 5.74) is 5.61. The Kier molecular flexibility index (Phi) is 12.7. The minimum Gasteiger partial charge on any atom is -0.381 e. The average Bonchev–Trinajstić information content (AvgIpc) is 2.95. The predicted octanol–water partition coefficient (Wildman–Crippen LogP) is 5.86. The molecular formula is C32H43N3O2. The van der Waals surface area contributed by atoms with Gasteiger partial charge in [-0.15, -0.1) is 0 Å². The van der Waals surface area contributed by atoms with Crippen molar-refractivity contribution in [3.05, 3.63) is 75.4 Å². The molecule has 0 amide bonds. The largest absolute Gasteiger partial charge is 0.381 e. The molecule has 2 aromatic rings. The molecule has 0 bridgehead atoms. The van der Waals surface area contributed by atoms with E-state index < -0.39 is 0 Å². The number of nitrogens with zero attached hydrogens (tertiary/aromatic N) is 3. The Balaban J connectivity index is 0.00000235. The lowest BCUT2D eigenvalue weighted by molar-refractivity contribution is 0.0616. The highest BCUT2D eigenvalue weighted by Gasteiger charge is 2.17. The van der Waals surface area contributed by atoms with Crippen molar-refractivity contribution in [1.29, 1.82) is 0 Å². The number of hydrogen-bond acceptors (Lipinski definition) is 4. The molecule has 1 aliphatic rings. The molecule has 1 aliphatic heterocycles. The standard InChI is InChI=1S/C30H37N3O2.C2H6/c1-6-10-23(7-2)29-18-22(11-14-31-29)17-24-19-25(20-34)30(28(9-4)27(24)8-3)32-21-33(5)26-12-15-35-16-13-26;1-2/h6-11,14,18-21,26H,12-13,15-17H2,1-5H3;1-2H3/b10-6-,23-7+,27-8-,28-9+,32-21?;. The maximum Gasteiger partial charge on any atom is 0.152 e. The van der Waals surface area contributed by atoms with Gasteiger partial charge in [0.15, 0.2) is 6.29 Å². The normalized spacial score (nSPS) is 15.8. The zero-order chi connectivity index (χ0) is 27.2. The zero-order valence-electron chi connectivity index (χ0n) is 23.6. The van der Waals surface area contributed by atoms with Gasteiger partial charge in [0.1, 0.15) is 0 Å². The Morgan fingerprint density at radius 3 is 2.41 bits per heavy atom. The second kappa shape index (κ2) is 15.7. The number of carbonyl (C=O) groups excluding carboxylic acids is 1. The molecule has 5 heteroatoms. The van der Waals surface area contributed by atoms with Crippen LogP contribution in [0.2, 0.25) is 0 Å². The van der Waals surface area contributed by atoms with Gasteiger partial charge < -0.3 is 9.64 Å². The number of allylic oxidation sites excluding steroid dienone is 4. The molecule has 0 N–H and O–H groups in total. The number of aromatic nitrogens is 1. The first-order chi connectivity index (χ1) is 18.1. The highest BCUT2D eigenvalue weighted by atomic mass is 16.5. The summed E-state index contributed by atoms with van der Waals surface area (Å²) in [6.45, 7) is 13.6. The van der Waals surface area contributed by atoms with Gasteiger partial charge in [0.25, 0.3) is 0 Å². The summed E-state index contributed by atoms with van der Waals surface area (Å²) in [5.74, 6) is 0. The first-order valence-electron chi connectivity index (χ1n) is 13.4. The van der Waals surface area contributed by atoms with Crippen LogP contribution in [0.4, 0.5) is 5.69 Å². The zero-order valence-corrected chi connectivity index (χ0v) is 23.6. The Morgan fingerprint density at radius 1 is 1.11 bits per heavy atom. The Bertz CT molecular complexity index is 1240. The van der Waals surface area contributed by atoms with E-state index in [1.54, 1.807) is 0 Å². The van der Waals surface area contributed by atoms with Crippen LogP contribution in [0.5, 0.6) is 0 Å². The first kappa shape index (κ1) is 29.9. The SMILES string of the molecule is C/C=C\C(=C/C)c1cc(Cc2cc(C=O)c(N=CN(C)C3CCOCC3)c(=C/C)/c2=C\C)ccn1.CC. The van der Waals surface area contributed by atoms with Crippen LogP contribution >= 0.6 is 0 Å². The van der Waals surface area contributed by atoms with Crippen LogP contribution in [0, 0.1) is 0 Å². The number of aldehydes is 1. The third-order valence-corrected chi connectivity index (χ3v) is 6.51. The lowest BCUT2D eigenvalue weighted by Gasteiger charge is -2.29. The number of rotatable bonds is 8. The number of hydrogen-bond donors (Lipinski definition) is 0. The Labute approximate surface area is 223 Å². The molecular weight excluding hydrogens is 458 g/mol. The quantitative estimate of drug-likeness (QED) is 0.197. The molecule has 2 heterocycles. The lowest BCUT2D eigenvalue weighted by atomic mass is 9.96. The fraction of sp³-hybridized carbons (Fsp3) is 0.406. The van der Waals surface area contributed by atoms with Crippen LogP contribution < -0.4 is 10.4 Å². The third kappa shape index (κ3) is 7.83. The molecule has 0 spiro atoms. The van der Waals surface area contributed by atoms with E-state index in [9.17, 15) is 4.79 Å². The van der Waals surface area contributed by atoms with E-state index in [-0.39, 0.29) is 0 Å². The Hall–Kier alpha value is -3.31. The number of ether oxygens (including phenoxy) is 1. The lowest BCUT2D eigenvalue weighted by Crippen LogP contribution is -2.36. The van der Waals surface area contributed by atoms with Crippen LogP contribution in [0.25, 0.3) is 17.7 Å². The summed E-state index contributed by atoms with van der Waals surface area (Å²) >= 11 is 0. The average molecular weight is 502 g/mol. The van der Waals surface area contributed by atoms with Crippen molar-refractivity contribution in [1.82, 2.24) is 9.88 Å². The van der Waals surface area contributed by atoms with Gasteiger partial charge in [-0.25, -0.2) is 4.99 Å². The van der Waals surface area contributed by atoms with E-state index >= 15 is 0 Å². The van der Waals surface area contributed by atoms with Gasteiger partial charge in [-0.2, -0.15) is 0 Å². The minimum atomic E-state index is 0.406. The van der Waals surface area contributed by atoms with Crippen LogP contribution in [-0.2, 0) is 11.2 Å². The van der Waals surface area contributed by atoms with Crippen molar-refractivity contribution in [2.75, 3.05) is 20.3 Å². The van der Waals surface area contributed by atoms with Gasteiger partial charge in [-0.1, -0.05) is 44.2 Å². The van der Waals surface area contributed by atoms with Crippen LogP contribution in [0.1, 0.15) is 81.6 Å². The molecule has 0 saturated carbocycles. The third-order valence-electron chi connectivity index (χ3n) is 6.51. The van der Waals surface area contributed by atoms with Crippen molar-refractivity contribution >= 4 is 36.0 Å². The predicted molar refractivity (Wildman–Crippen MR) is 158 cm³/mol. The van der Waals surface area contributed by atoms with Gasteiger partial charge >= 0.3 is 0 Å². The summed E-state index contributed by atoms with van der Waals surface area (Å²) in [6.07, 6.45) is 17.6. The monoisotopic (exact) mass is 501 g/mol. The van der Waals surface area contributed by atoms with E-state index in [1.807, 2.05) is 79.3 Å². The summed E-state index contributed by atoms with van der Waals surface area (Å²) in [5, 5.41) is 2.10. The molecule has 37 heavy (non-hydrogen) atoms. The van der Waals surface area contributed by atoms with Gasteiger partial charge in [-0.05, 0) is 87.1 Å². The molecule has 0 aliphatic carbocycles. The summed E-state index contributed by atoms with van der Waals surface area (Å²) in [7, 11) is 2.05. The number of benzene rings is 1. The van der Waals surface area contributed by atoms with Crippen molar-refractivity contribution in [2.24, 2.45) is 4.99 Å². The molecule has 0 radical (unpaired) electrons. The summed E-state index contributed by atoms with van der Waals surface area (Å²) in [4.78, 5) is 23.6. The minimum absolute atomic E-state index is 0.406. The molecule has 3 rings (SSSR count). The van der Waals surface area contributed by atoms with E-state index in [1.165, 1.54) is 0 Å². The first-order valence-corrected chi connectivity index (χ1v) is 13.4. The number of aliphatic imine (C=N–C) groups is 1. The van der Waals surface area contributed by atoms with Crippen molar-refractivity contribution in [2.45, 2.75) is 66.8 Å². The second-order valence-electron chi connectivity index (χ2n) is 8.72. The van der Waals surface area contributed by atoms with Gasteiger partial charge in [0.05, 0.1) is 17.7 Å². The summed E-state index contributed by atoms with van der Waals surface area (Å²) < 4.78 is 5.48. The van der Waals surface area contributed by atoms with Crippen molar-refractivity contribution < 1.29 is 9.53 Å². The van der Waals surface area contributed by atoms with Crippen LogP contribution in [0.3, 0.4) is 0 Å². The molecule has 1 saturated heterocycles. The van der Waals surface area contributed by atoms with Gasteiger partial charge in [-0.3, -0.25) is 9.78 Å². The van der Waals surface area contributed by atoms with Gasteiger partial charge in [0.2, 0.25) is 0 Å². The maximum atomic E-state index is 12.1. The molecule has 0 atom stereocenters. The molecule has 1 fully saturated rings. The molecule has 198 valence electrons. The van der Waals surface area contributed by atoms with Crippen LogP contribution in [0.15, 0.2) is 47.6 Å². The van der Waals surface area contributed by atoms with Crippen molar-refractivity contribution in [3.8, 4) is 0 Å². The molecule has 0 unspecified atom stereocenters. The molecule has 5 nitrogen and oxygen atoms in total. The van der Waals surface area contributed by atoms with E-state index in [0.717, 1.165) is 70.9 Å². The molecule has 1 aromatic heterocycles. The smallest absolute Gasteiger partial charge is 0.152 e. The molecule has 1 aromatic carbocycles. The van der Waals surface area contributed by atoms with E-state index in [4.69, 9.17) is 9.73 Å². The fourth-order valence-corrected chi connectivity index (χ4v) is 4.61. The second-order valence-corrected chi connectivity index (χ2v) is 8.72. The van der Waals surface area contributed by atoms with Crippen LogP contribution in [-0.4, -0.2) is 48.8 Å². The summed E-state index contributed by atoms with van der Waals surface area (Å²) in [6, 6.07) is 6.55. The van der Waals surface area contributed by atoms with E-state index in [0.29, 0.717) is 18.0 Å². The van der Waals surface area contributed by atoms with E-state index in [2.05, 4.69) is 40.3 Å². The van der Waals surface area contributed by atoms with Crippen molar-refractivity contribution in [3.63, 3.8) is 0 Å². The highest BCUT2D eigenvalue weighted by Crippen LogP contribution is 2.19. The topological polar surface area (TPSA) is 54.8 Å².